The standard InChI is InChI=1S/C9H14O4/c1-6(9(2,3)4)8(12)13-5-7(10)11/h1,5H2,2-4H3,(H,10,11)/p-1. The van der Waals surface area contributed by atoms with E-state index in [1.54, 1.807) is 20.8 Å². The number of carboxylic acids is 1. The zero-order chi connectivity index (χ0) is 10.6. The van der Waals surface area contributed by atoms with Crippen LogP contribution in [0.2, 0.25) is 0 Å². The number of esters is 1. The van der Waals surface area contributed by atoms with Gasteiger partial charge < -0.3 is 14.6 Å². The molecule has 0 rings (SSSR count). The Labute approximate surface area is 77.2 Å². The molecule has 0 aromatic rings. The number of carbonyl (C=O) groups excluding carboxylic acids is 2. The van der Waals surface area contributed by atoms with Crippen LogP contribution in [0.15, 0.2) is 12.2 Å². The Kier molecular flexibility index (Phi) is 3.66. The van der Waals surface area contributed by atoms with E-state index in [4.69, 9.17) is 0 Å². The van der Waals surface area contributed by atoms with E-state index in [1.807, 2.05) is 0 Å². The molecule has 13 heavy (non-hydrogen) atoms. The summed E-state index contributed by atoms with van der Waals surface area (Å²) < 4.78 is 4.39. The maximum atomic E-state index is 11.1. The third-order valence-corrected chi connectivity index (χ3v) is 1.47. The van der Waals surface area contributed by atoms with Crippen LogP contribution in [-0.2, 0) is 14.3 Å². The Morgan fingerprint density at radius 3 is 2.15 bits per heavy atom. The number of carboxylic acid groups (broad SMARTS) is 1. The van der Waals surface area contributed by atoms with Crippen LogP contribution in [0.4, 0.5) is 0 Å². The van der Waals surface area contributed by atoms with E-state index in [0.717, 1.165) is 0 Å². The summed E-state index contributed by atoms with van der Waals surface area (Å²) in [5, 5.41) is 9.96. The van der Waals surface area contributed by atoms with Gasteiger partial charge in [-0.2, -0.15) is 0 Å². The van der Waals surface area contributed by atoms with Crippen molar-refractivity contribution in [2.45, 2.75) is 20.8 Å². The molecule has 0 aliphatic rings. The predicted molar refractivity (Wildman–Crippen MR) is 44.6 cm³/mol. The topological polar surface area (TPSA) is 66.4 Å². The molecule has 0 atom stereocenters. The van der Waals surface area contributed by atoms with Gasteiger partial charge in [0.05, 0.1) is 5.97 Å². The maximum Gasteiger partial charge on any atom is 0.334 e. The minimum atomic E-state index is -1.42. The summed E-state index contributed by atoms with van der Waals surface area (Å²) in [4.78, 5) is 21.0. The van der Waals surface area contributed by atoms with Gasteiger partial charge in [0.1, 0.15) is 6.61 Å². The SMILES string of the molecule is C=C(C(=O)OCC(=O)[O-])C(C)(C)C. The summed E-state index contributed by atoms with van der Waals surface area (Å²) in [6.07, 6.45) is 0. The lowest BCUT2D eigenvalue weighted by Crippen LogP contribution is -2.30. The lowest BCUT2D eigenvalue weighted by Gasteiger charge is -2.20. The average Bonchev–Trinajstić information content (AvgIpc) is 1.96. The molecular weight excluding hydrogens is 172 g/mol. The quantitative estimate of drug-likeness (QED) is 0.454. The average molecular weight is 185 g/mol. The van der Waals surface area contributed by atoms with Gasteiger partial charge in [0, 0.05) is 5.57 Å². The molecule has 74 valence electrons. The molecule has 0 heterocycles. The molecule has 0 aromatic heterocycles. The third kappa shape index (κ3) is 4.30. The van der Waals surface area contributed by atoms with Crippen LogP contribution in [0.25, 0.3) is 0 Å². The lowest BCUT2D eigenvalue weighted by atomic mass is 9.88. The summed E-state index contributed by atoms with van der Waals surface area (Å²) in [5.41, 5.74) is -0.169. The zero-order valence-corrected chi connectivity index (χ0v) is 8.05. The molecule has 0 saturated heterocycles. The van der Waals surface area contributed by atoms with Crippen molar-refractivity contribution in [3.05, 3.63) is 12.2 Å². The van der Waals surface area contributed by atoms with Crippen LogP contribution in [-0.4, -0.2) is 18.5 Å². The molecule has 0 saturated carbocycles. The highest BCUT2D eigenvalue weighted by molar-refractivity contribution is 5.90. The molecule has 0 aliphatic heterocycles. The molecule has 0 fully saturated rings. The predicted octanol–water partition coefficient (Wildman–Crippen LogP) is -0.118. The van der Waals surface area contributed by atoms with Crippen molar-refractivity contribution in [1.82, 2.24) is 0 Å². The van der Waals surface area contributed by atoms with Crippen molar-refractivity contribution >= 4 is 11.9 Å². The number of ether oxygens (including phenoxy) is 1. The van der Waals surface area contributed by atoms with Crippen LogP contribution < -0.4 is 5.11 Å². The fourth-order valence-electron chi connectivity index (χ4n) is 0.518. The fourth-order valence-corrected chi connectivity index (χ4v) is 0.518. The second-order valence-electron chi connectivity index (χ2n) is 3.68. The van der Waals surface area contributed by atoms with Crippen molar-refractivity contribution in [3.63, 3.8) is 0 Å². The summed E-state index contributed by atoms with van der Waals surface area (Å²) in [6.45, 7) is 8.15. The van der Waals surface area contributed by atoms with Crippen LogP contribution in [0, 0.1) is 5.41 Å². The number of rotatable bonds is 3. The molecule has 0 amide bonds. The summed E-state index contributed by atoms with van der Waals surface area (Å²) >= 11 is 0. The normalized spacial score (nSPS) is 10.7. The first-order valence-electron chi connectivity index (χ1n) is 3.81. The third-order valence-electron chi connectivity index (χ3n) is 1.47. The monoisotopic (exact) mass is 185 g/mol. The van der Waals surface area contributed by atoms with Gasteiger partial charge in [-0.3, -0.25) is 0 Å². The number of aliphatic carboxylic acids is 1. The first-order chi connectivity index (χ1) is 5.75. The Balaban J connectivity index is 4.14. The van der Waals surface area contributed by atoms with Gasteiger partial charge in [0.25, 0.3) is 0 Å². The van der Waals surface area contributed by atoms with Crippen LogP contribution in [0.1, 0.15) is 20.8 Å². The maximum absolute atomic E-state index is 11.1. The van der Waals surface area contributed by atoms with Crippen LogP contribution in [0.3, 0.4) is 0 Å². The molecule has 4 heteroatoms. The second-order valence-corrected chi connectivity index (χ2v) is 3.68. The molecule has 4 nitrogen and oxygen atoms in total. The minimum absolute atomic E-state index is 0.244. The van der Waals surface area contributed by atoms with E-state index >= 15 is 0 Å². The van der Waals surface area contributed by atoms with Gasteiger partial charge in [-0.15, -0.1) is 0 Å². The Bertz CT molecular complexity index is 234. The van der Waals surface area contributed by atoms with Crippen molar-refractivity contribution in [2.75, 3.05) is 6.61 Å². The summed E-state index contributed by atoms with van der Waals surface area (Å²) in [7, 11) is 0. The first-order valence-corrected chi connectivity index (χ1v) is 3.81. The van der Waals surface area contributed by atoms with E-state index in [0.29, 0.717) is 0 Å². The van der Waals surface area contributed by atoms with Crippen molar-refractivity contribution in [3.8, 4) is 0 Å². The van der Waals surface area contributed by atoms with E-state index in [9.17, 15) is 14.7 Å². The highest BCUT2D eigenvalue weighted by atomic mass is 16.5. The van der Waals surface area contributed by atoms with Gasteiger partial charge in [-0.1, -0.05) is 27.4 Å². The van der Waals surface area contributed by atoms with Gasteiger partial charge in [-0.05, 0) is 5.41 Å². The minimum Gasteiger partial charge on any atom is -0.546 e. The van der Waals surface area contributed by atoms with E-state index in [2.05, 4.69) is 11.3 Å². The largest absolute Gasteiger partial charge is 0.546 e. The molecule has 0 bridgehead atoms. The van der Waals surface area contributed by atoms with E-state index in [-0.39, 0.29) is 5.57 Å². The number of hydrogen-bond donors (Lipinski definition) is 0. The van der Waals surface area contributed by atoms with Crippen molar-refractivity contribution < 1.29 is 19.4 Å². The van der Waals surface area contributed by atoms with Crippen LogP contribution in [0.5, 0.6) is 0 Å². The number of hydrogen-bond acceptors (Lipinski definition) is 4. The Morgan fingerprint density at radius 2 is 1.85 bits per heavy atom. The lowest BCUT2D eigenvalue weighted by molar-refractivity contribution is -0.308. The molecule has 0 aromatic carbocycles. The highest BCUT2D eigenvalue weighted by Crippen LogP contribution is 2.24. The first kappa shape index (κ1) is 11.7. The summed E-state index contributed by atoms with van der Waals surface area (Å²) in [5.74, 6) is -2.12. The molecule has 0 unspecified atom stereocenters. The van der Waals surface area contributed by atoms with Gasteiger partial charge in [0.15, 0.2) is 0 Å². The Morgan fingerprint density at radius 1 is 1.38 bits per heavy atom. The van der Waals surface area contributed by atoms with Crippen LogP contribution >= 0.6 is 0 Å². The van der Waals surface area contributed by atoms with Gasteiger partial charge >= 0.3 is 5.97 Å². The molecule has 0 aliphatic carbocycles. The van der Waals surface area contributed by atoms with Crippen molar-refractivity contribution in [1.29, 1.82) is 0 Å². The number of carbonyl (C=O) groups is 2. The molecule has 0 spiro atoms. The molecule has 0 radical (unpaired) electrons. The van der Waals surface area contributed by atoms with Gasteiger partial charge in [-0.25, -0.2) is 4.79 Å². The highest BCUT2D eigenvalue weighted by Gasteiger charge is 2.22. The van der Waals surface area contributed by atoms with Crippen molar-refractivity contribution in [2.24, 2.45) is 5.41 Å². The van der Waals surface area contributed by atoms with Gasteiger partial charge in [0.2, 0.25) is 0 Å². The van der Waals surface area contributed by atoms with E-state index < -0.39 is 24.0 Å². The summed E-state index contributed by atoms with van der Waals surface area (Å²) in [6, 6.07) is 0. The molecule has 0 N–H and O–H groups in total. The van der Waals surface area contributed by atoms with E-state index in [1.165, 1.54) is 0 Å². The molecular formula is C9H13O4-. The fraction of sp³-hybridized carbons (Fsp3) is 0.556. The second kappa shape index (κ2) is 4.07. The zero-order valence-electron chi connectivity index (χ0n) is 8.05. The Hall–Kier alpha value is -1.32. The smallest absolute Gasteiger partial charge is 0.334 e.